The van der Waals surface area contributed by atoms with Gasteiger partial charge in [-0.05, 0) is 43.5 Å². The first-order chi connectivity index (χ1) is 15.0. The van der Waals surface area contributed by atoms with Gasteiger partial charge in [0.2, 0.25) is 11.8 Å². The number of carbonyl (C=O) groups excluding carboxylic acids is 2. The average Bonchev–Trinajstić information content (AvgIpc) is 3.27. The van der Waals surface area contributed by atoms with E-state index >= 15 is 0 Å². The molecule has 1 aliphatic rings. The van der Waals surface area contributed by atoms with Crippen LogP contribution in [0.2, 0.25) is 10.0 Å². The molecular formula is C24H28Cl2N2O2S. The van der Waals surface area contributed by atoms with E-state index in [9.17, 15) is 9.59 Å². The lowest BCUT2D eigenvalue weighted by Crippen LogP contribution is -2.51. The molecule has 1 aliphatic carbocycles. The van der Waals surface area contributed by atoms with E-state index in [-0.39, 0.29) is 30.2 Å². The highest BCUT2D eigenvalue weighted by molar-refractivity contribution is 8.00. The fourth-order valence-electron chi connectivity index (χ4n) is 3.89. The lowest BCUT2D eigenvalue weighted by molar-refractivity contribution is -0.139. The third-order valence-corrected chi connectivity index (χ3v) is 7.29. The number of benzene rings is 2. The van der Waals surface area contributed by atoms with Crippen molar-refractivity contribution in [2.75, 3.05) is 5.75 Å². The van der Waals surface area contributed by atoms with Crippen molar-refractivity contribution in [2.45, 2.75) is 62.6 Å². The maximum Gasteiger partial charge on any atom is 0.243 e. The third-order valence-electron chi connectivity index (χ3n) is 5.58. The average molecular weight is 479 g/mol. The highest BCUT2D eigenvalue weighted by Gasteiger charge is 2.31. The van der Waals surface area contributed by atoms with Gasteiger partial charge in [-0.2, -0.15) is 0 Å². The Kier molecular flexibility index (Phi) is 9.12. The molecule has 2 aromatic carbocycles. The minimum absolute atomic E-state index is 0.101. The zero-order valence-corrected chi connectivity index (χ0v) is 20.0. The molecule has 4 nitrogen and oxygen atoms in total. The summed E-state index contributed by atoms with van der Waals surface area (Å²) in [6, 6.07) is 14.7. The first-order valence-corrected chi connectivity index (χ1v) is 12.4. The maximum absolute atomic E-state index is 13.3. The molecule has 7 heteroatoms. The molecule has 1 fully saturated rings. The highest BCUT2D eigenvalue weighted by atomic mass is 35.5. The van der Waals surface area contributed by atoms with Gasteiger partial charge in [-0.1, -0.05) is 67.2 Å². The summed E-state index contributed by atoms with van der Waals surface area (Å²) in [5.41, 5.74) is 0.663. The number of hydrogen-bond acceptors (Lipinski definition) is 3. The Morgan fingerprint density at radius 1 is 1.06 bits per heavy atom. The van der Waals surface area contributed by atoms with Crippen LogP contribution < -0.4 is 5.32 Å². The molecule has 2 aromatic rings. The van der Waals surface area contributed by atoms with Crippen LogP contribution in [0.5, 0.6) is 0 Å². The molecule has 1 N–H and O–H groups in total. The van der Waals surface area contributed by atoms with Crippen molar-refractivity contribution in [1.29, 1.82) is 0 Å². The zero-order chi connectivity index (χ0) is 22.2. The van der Waals surface area contributed by atoms with E-state index < -0.39 is 6.04 Å². The van der Waals surface area contributed by atoms with Crippen LogP contribution in [-0.2, 0) is 16.1 Å². The summed E-state index contributed by atoms with van der Waals surface area (Å²) in [6.45, 7) is 2.13. The van der Waals surface area contributed by atoms with Crippen molar-refractivity contribution in [3.05, 3.63) is 64.1 Å². The molecule has 0 heterocycles. The van der Waals surface area contributed by atoms with E-state index in [1.807, 2.05) is 37.3 Å². The minimum Gasteiger partial charge on any atom is -0.352 e. The van der Waals surface area contributed by atoms with Crippen LogP contribution in [0.3, 0.4) is 0 Å². The van der Waals surface area contributed by atoms with Crippen LogP contribution in [0.15, 0.2) is 53.4 Å². The van der Waals surface area contributed by atoms with Gasteiger partial charge in [-0.25, -0.2) is 0 Å². The van der Waals surface area contributed by atoms with Crippen molar-refractivity contribution in [3.63, 3.8) is 0 Å². The Bertz CT molecular complexity index is 868. The minimum atomic E-state index is -0.572. The summed E-state index contributed by atoms with van der Waals surface area (Å²) in [7, 11) is 0. The molecule has 2 amide bonds. The van der Waals surface area contributed by atoms with Gasteiger partial charge in [0.25, 0.3) is 0 Å². The Labute approximate surface area is 198 Å². The molecule has 31 heavy (non-hydrogen) atoms. The number of halogens is 2. The molecule has 166 valence electrons. The van der Waals surface area contributed by atoms with Crippen LogP contribution in [0, 0.1) is 0 Å². The van der Waals surface area contributed by atoms with Crippen LogP contribution in [0.4, 0.5) is 0 Å². The van der Waals surface area contributed by atoms with E-state index in [0.717, 1.165) is 30.6 Å². The number of rotatable bonds is 9. The summed E-state index contributed by atoms with van der Waals surface area (Å²) >= 11 is 14.2. The Morgan fingerprint density at radius 2 is 1.71 bits per heavy atom. The van der Waals surface area contributed by atoms with Gasteiger partial charge in [-0.3, -0.25) is 9.59 Å². The number of thioether (sulfide) groups is 1. The summed E-state index contributed by atoms with van der Waals surface area (Å²) in [4.78, 5) is 29.1. The van der Waals surface area contributed by atoms with Crippen molar-refractivity contribution in [3.8, 4) is 0 Å². The predicted octanol–water partition coefficient (Wildman–Crippen LogP) is 5.95. The van der Waals surface area contributed by atoms with Gasteiger partial charge in [0.05, 0.1) is 5.75 Å². The number of nitrogens with one attached hydrogen (secondary N) is 1. The molecule has 0 spiro atoms. The van der Waals surface area contributed by atoms with E-state index in [4.69, 9.17) is 23.2 Å². The van der Waals surface area contributed by atoms with Gasteiger partial charge < -0.3 is 10.2 Å². The lowest BCUT2D eigenvalue weighted by atomic mass is 10.1. The second-order valence-corrected chi connectivity index (χ2v) is 9.60. The van der Waals surface area contributed by atoms with E-state index in [1.165, 1.54) is 11.8 Å². The molecule has 0 bridgehead atoms. The van der Waals surface area contributed by atoms with Crippen molar-refractivity contribution in [1.82, 2.24) is 10.2 Å². The van der Waals surface area contributed by atoms with Crippen molar-refractivity contribution in [2.24, 2.45) is 0 Å². The second kappa shape index (κ2) is 11.8. The number of nitrogens with zero attached hydrogens (tertiary/aromatic N) is 1. The molecular weight excluding hydrogens is 451 g/mol. The standard InChI is InChI=1S/C24H28Cl2N2O2S/c1-2-22(24(30)27-17-9-6-7-10-17)28(15-19-20(25)13-8-14-21(19)26)23(29)16-31-18-11-4-3-5-12-18/h3-5,8,11-14,17,22H,2,6-7,9-10,15-16H2,1H3,(H,27,30)/t22-/m0/s1. The lowest BCUT2D eigenvalue weighted by Gasteiger charge is -2.32. The van der Waals surface area contributed by atoms with Gasteiger partial charge in [0.1, 0.15) is 6.04 Å². The predicted molar refractivity (Wildman–Crippen MR) is 129 cm³/mol. The fraction of sp³-hybridized carbons (Fsp3) is 0.417. The van der Waals surface area contributed by atoms with Gasteiger partial charge in [-0.15, -0.1) is 11.8 Å². The van der Waals surface area contributed by atoms with Crippen LogP contribution in [-0.4, -0.2) is 34.6 Å². The zero-order valence-electron chi connectivity index (χ0n) is 17.7. The van der Waals surface area contributed by atoms with Crippen LogP contribution in [0.25, 0.3) is 0 Å². The molecule has 3 rings (SSSR count). The number of carbonyl (C=O) groups is 2. The molecule has 1 atom stereocenters. The van der Waals surface area contributed by atoms with E-state index in [1.54, 1.807) is 23.1 Å². The number of amides is 2. The molecule has 0 unspecified atom stereocenters. The van der Waals surface area contributed by atoms with Crippen molar-refractivity contribution >= 4 is 46.8 Å². The molecule has 1 saturated carbocycles. The monoisotopic (exact) mass is 478 g/mol. The molecule has 0 aromatic heterocycles. The molecule has 0 aliphatic heterocycles. The molecule has 0 saturated heterocycles. The number of hydrogen-bond donors (Lipinski definition) is 1. The molecule has 0 radical (unpaired) electrons. The Balaban J connectivity index is 1.80. The SMILES string of the molecule is CC[C@@H](C(=O)NC1CCCC1)N(Cc1c(Cl)cccc1Cl)C(=O)CSc1ccccc1. The Morgan fingerprint density at radius 3 is 2.32 bits per heavy atom. The third kappa shape index (κ3) is 6.64. The van der Waals surface area contributed by atoms with E-state index in [2.05, 4.69) is 5.32 Å². The van der Waals surface area contributed by atoms with Gasteiger partial charge >= 0.3 is 0 Å². The highest BCUT2D eigenvalue weighted by Crippen LogP contribution is 2.28. The summed E-state index contributed by atoms with van der Waals surface area (Å²) < 4.78 is 0. The van der Waals surface area contributed by atoms with Gasteiger partial charge in [0.15, 0.2) is 0 Å². The Hall–Kier alpha value is -1.69. The van der Waals surface area contributed by atoms with Crippen LogP contribution >= 0.6 is 35.0 Å². The first kappa shape index (κ1) is 24.0. The summed E-state index contributed by atoms with van der Waals surface area (Å²) in [6.07, 6.45) is 4.77. The first-order valence-electron chi connectivity index (χ1n) is 10.7. The quantitative estimate of drug-likeness (QED) is 0.452. The smallest absolute Gasteiger partial charge is 0.243 e. The normalized spacial score (nSPS) is 14.9. The van der Waals surface area contributed by atoms with E-state index in [0.29, 0.717) is 22.0 Å². The van der Waals surface area contributed by atoms with Gasteiger partial charge in [0, 0.05) is 33.1 Å². The maximum atomic E-state index is 13.3. The second-order valence-electron chi connectivity index (χ2n) is 7.74. The van der Waals surface area contributed by atoms with Crippen molar-refractivity contribution < 1.29 is 9.59 Å². The van der Waals surface area contributed by atoms with Crippen LogP contribution in [0.1, 0.15) is 44.6 Å². The topological polar surface area (TPSA) is 49.4 Å². The summed E-state index contributed by atoms with van der Waals surface area (Å²) in [5.74, 6) is 0.0214. The summed E-state index contributed by atoms with van der Waals surface area (Å²) in [5, 5.41) is 4.13. The fourth-order valence-corrected chi connectivity index (χ4v) is 5.21. The largest absolute Gasteiger partial charge is 0.352 e.